The predicted molar refractivity (Wildman–Crippen MR) is 100 cm³/mol. The fraction of sp³-hybridized carbons (Fsp3) is 0.250. The largest absolute Gasteiger partial charge is 0.507 e. The number of phenols is 1. The van der Waals surface area contributed by atoms with E-state index in [0.29, 0.717) is 15.8 Å². The summed E-state index contributed by atoms with van der Waals surface area (Å²) in [5, 5.41) is 20.4. The van der Waals surface area contributed by atoms with Crippen LogP contribution >= 0.6 is 39.1 Å². The summed E-state index contributed by atoms with van der Waals surface area (Å²) in [4.78, 5) is 14.2. The second kappa shape index (κ2) is 8.28. The zero-order valence-electron chi connectivity index (χ0n) is 13.6. The number of carbonyl (C=O) groups is 1. The quantitative estimate of drug-likeness (QED) is 0.492. The smallest absolute Gasteiger partial charge is 0.322 e. The van der Waals surface area contributed by atoms with Gasteiger partial charge < -0.3 is 20.3 Å². The molecule has 0 saturated carbocycles. The first-order valence-electron chi connectivity index (χ1n) is 7.32. The van der Waals surface area contributed by atoms with E-state index in [-0.39, 0.29) is 28.3 Å². The summed E-state index contributed by atoms with van der Waals surface area (Å²) in [7, 11) is 0. The van der Waals surface area contributed by atoms with E-state index >= 15 is 0 Å². The summed E-state index contributed by atoms with van der Waals surface area (Å²) in [6, 6.07) is 3.01. The lowest BCUT2D eigenvalue weighted by molar-refractivity contribution is -0.134. The molecule has 1 heterocycles. The van der Waals surface area contributed by atoms with Gasteiger partial charge in [-0.2, -0.15) is 9.37 Å². The van der Waals surface area contributed by atoms with Crippen molar-refractivity contribution >= 4 is 50.9 Å². The number of ether oxygens (including phenoxy) is 1. The van der Waals surface area contributed by atoms with Crippen LogP contribution in [-0.4, -0.2) is 27.7 Å². The number of carboxylic acids is 1. The van der Waals surface area contributed by atoms with Gasteiger partial charge in [0.2, 0.25) is 5.95 Å². The van der Waals surface area contributed by atoms with Gasteiger partial charge in [0, 0.05) is 5.56 Å². The zero-order chi connectivity index (χ0) is 19.6. The van der Waals surface area contributed by atoms with Crippen molar-refractivity contribution in [2.45, 2.75) is 19.8 Å². The molecule has 140 valence electrons. The number of anilines is 1. The van der Waals surface area contributed by atoms with Gasteiger partial charge in [0.1, 0.15) is 28.1 Å². The first kappa shape index (κ1) is 20.5. The van der Waals surface area contributed by atoms with E-state index in [2.05, 4.69) is 26.2 Å². The molecule has 26 heavy (non-hydrogen) atoms. The number of aromatic hydroxyl groups is 1. The molecule has 3 N–H and O–H groups in total. The molecule has 0 radical (unpaired) electrons. The molecule has 0 bridgehead atoms. The highest BCUT2D eigenvalue weighted by Gasteiger charge is 2.22. The van der Waals surface area contributed by atoms with Crippen molar-refractivity contribution < 1.29 is 24.1 Å². The highest BCUT2D eigenvalue weighted by Crippen LogP contribution is 2.44. The van der Waals surface area contributed by atoms with E-state index in [1.54, 1.807) is 0 Å². The lowest BCUT2D eigenvalue weighted by Crippen LogP contribution is -2.14. The van der Waals surface area contributed by atoms with Crippen LogP contribution in [0.25, 0.3) is 0 Å². The zero-order valence-corrected chi connectivity index (χ0v) is 16.7. The molecule has 0 aliphatic carbocycles. The Labute approximate surface area is 167 Å². The Morgan fingerprint density at radius 1 is 1.38 bits per heavy atom. The second-order valence-corrected chi connectivity index (χ2v) is 7.16. The molecule has 0 saturated heterocycles. The number of nitrogens with zero attached hydrogens (tertiary/aromatic N) is 1. The van der Waals surface area contributed by atoms with Crippen LogP contribution < -0.4 is 10.1 Å². The van der Waals surface area contributed by atoms with Crippen molar-refractivity contribution in [2.24, 2.45) is 0 Å². The van der Waals surface area contributed by atoms with Gasteiger partial charge in [0.15, 0.2) is 11.6 Å². The van der Waals surface area contributed by atoms with Crippen LogP contribution in [0.5, 0.6) is 17.2 Å². The van der Waals surface area contributed by atoms with Gasteiger partial charge in [-0.15, -0.1) is 0 Å². The van der Waals surface area contributed by atoms with Gasteiger partial charge in [-0.1, -0.05) is 37.0 Å². The third kappa shape index (κ3) is 4.49. The summed E-state index contributed by atoms with van der Waals surface area (Å²) in [6.07, 6.45) is 0. The number of pyridine rings is 1. The Kier molecular flexibility index (Phi) is 6.54. The highest BCUT2D eigenvalue weighted by molar-refractivity contribution is 9.10. The third-order valence-electron chi connectivity index (χ3n) is 3.32. The second-order valence-electron chi connectivity index (χ2n) is 5.55. The maximum absolute atomic E-state index is 14.0. The molecule has 0 aliphatic rings. The topological polar surface area (TPSA) is 91.7 Å². The molecular formula is C16H14BrCl2FN2O4. The Bertz CT molecular complexity index is 865. The van der Waals surface area contributed by atoms with Crippen molar-refractivity contribution in [3.63, 3.8) is 0 Å². The first-order valence-corrected chi connectivity index (χ1v) is 8.87. The Balaban J connectivity index is 2.53. The number of hydrogen-bond donors (Lipinski definition) is 3. The number of hydrogen-bond acceptors (Lipinski definition) is 5. The molecule has 0 atom stereocenters. The fourth-order valence-electron chi connectivity index (χ4n) is 2.07. The molecule has 0 spiro atoms. The summed E-state index contributed by atoms with van der Waals surface area (Å²) in [6.45, 7) is 3.24. The van der Waals surface area contributed by atoms with Gasteiger partial charge in [-0.05, 0) is 34.0 Å². The number of halogens is 4. The molecule has 10 heteroatoms. The van der Waals surface area contributed by atoms with E-state index in [4.69, 9.17) is 33.0 Å². The molecule has 0 unspecified atom stereocenters. The standard InChI is InChI=1S/C16H14BrCl2FN2O4/c1-6(2)7-3-9(23)8(17)4-10(7)26-14-12(18)15(20)22-16(13(14)19)21-5-11(24)25/h3-4,6,23H,5H2,1-2H3,(H,21,22)(H,24,25). The minimum absolute atomic E-state index is 0.0166. The predicted octanol–water partition coefficient (Wildman–Crippen LogP) is 5.41. The average molecular weight is 468 g/mol. The maximum atomic E-state index is 14.0. The van der Waals surface area contributed by atoms with E-state index in [0.717, 1.165) is 0 Å². The van der Waals surface area contributed by atoms with Gasteiger partial charge in [0.05, 0.1) is 4.47 Å². The van der Waals surface area contributed by atoms with Gasteiger partial charge >= 0.3 is 5.97 Å². The Morgan fingerprint density at radius 3 is 2.62 bits per heavy atom. The third-order valence-corrected chi connectivity index (χ3v) is 4.63. The SMILES string of the molecule is CC(C)c1cc(O)c(Br)cc1Oc1c(Cl)c(F)nc(NCC(=O)O)c1Cl. The summed E-state index contributed by atoms with van der Waals surface area (Å²) in [5.74, 6) is -2.39. The molecule has 0 amide bonds. The monoisotopic (exact) mass is 466 g/mol. The molecule has 6 nitrogen and oxygen atoms in total. The normalized spacial score (nSPS) is 10.9. The number of benzene rings is 1. The molecule has 0 fully saturated rings. The number of rotatable bonds is 6. The number of nitrogens with one attached hydrogen (secondary N) is 1. The summed E-state index contributed by atoms with van der Waals surface area (Å²) in [5.41, 5.74) is 0.634. The van der Waals surface area contributed by atoms with Crippen molar-refractivity contribution in [3.8, 4) is 17.2 Å². The van der Waals surface area contributed by atoms with Crippen LogP contribution in [0, 0.1) is 5.95 Å². The van der Waals surface area contributed by atoms with Crippen molar-refractivity contribution in [2.75, 3.05) is 11.9 Å². The molecule has 2 rings (SSSR count). The van der Waals surface area contributed by atoms with Crippen LogP contribution in [0.4, 0.5) is 10.2 Å². The van der Waals surface area contributed by atoms with Crippen LogP contribution in [0.3, 0.4) is 0 Å². The number of carboxylic acid groups (broad SMARTS) is 1. The van der Waals surface area contributed by atoms with E-state index in [9.17, 15) is 14.3 Å². The Hall–Kier alpha value is -1.77. The van der Waals surface area contributed by atoms with Crippen molar-refractivity contribution in [1.82, 2.24) is 4.98 Å². The molecular weight excluding hydrogens is 454 g/mol. The van der Waals surface area contributed by atoms with E-state index < -0.39 is 23.5 Å². The van der Waals surface area contributed by atoms with Crippen LogP contribution in [0.15, 0.2) is 16.6 Å². The van der Waals surface area contributed by atoms with Gasteiger partial charge in [0.25, 0.3) is 0 Å². The van der Waals surface area contributed by atoms with Gasteiger partial charge in [-0.3, -0.25) is 4.79 Å². The van der Waals surface area contributed by atoms with E-state index in [1.165, 1.54) is 12.1 Å². The minimum Gasteiger partial charge on any atom is -0.507 e. The number of aromatic nitrogens is 1. The average Bonchev–Trinajstić information content (AvgIpc) is 2.56. The minimum atomic E-state index is -1.18. The number of aliphatic carboxylic acids is 1. The van der Waals surface area contributed by atoms with Crippen LogP contribution in [-0.2, 0) is 4.79 Å². The van der Waals surface area contributed by atoms with E-state index in [1.807, 2.05) is 13.8 Å². The highest BCUT2D eigenvalue weighted by atomic mass is 79.9. The van der Waals surface area contributed by atoms with Crippen LogP contribution in [0.1, 0.15) is 25.3 Å². The summed E-state index contributed by atoms with van der Waals surface area (Å²) >= 11 is 15.3. The Morgan fingerprint density at radius 2 is 2.04 bits per heavy atom. The molecule has 0 aliphatic heterocycles. The maximum Gasteiger partial charge on any atom is 0.322 e. The molecule has 2 aromatic rings. The summed E-state index contributed by atoms with van der Waals surface area (Å²) < 4.78 is 20.1. The molecule has 1 aromatic heterocycles. The number of phenolic OH excluding ortho intramolecular Hbond substituents is 1. The van der Waals surface area contributed by atoms with Crippen LogP contribution in [0.2, 0.25) is 10.0 Å². The lowest BCUT2D eigenvalue weighted by atomic mass is 10.0. The van der Waals surface area contributed by atoms with Crippen molar-refractivity contribution in [1.29, 1.82) is 0 Å². The molecule has 1 aromatic carbocycles. The fourth-order valence-corrected chi connectivity index (χ4v) is 2.86. The van der Waals surface area contributed by atoms with Crippen molar-refractivity contribution in [3.05, 3.63) is 38.2 Å². The lowest BCUT2D eigenvalue weighted by Gasteiger charge is -2.18. The van der Waals surface area contributed by atoms with Gasteiger partial charge in [-0.25, -0.2) is 0 Å². The first-order chi connectivity index (χ1) is 12.1.